The van der Waals surface area contributed by atoms with E-state index in [1.54, 1.807) is 31.3 Å². The summed E-state index contributed by atoms with van der Waals surface area (Å²) >= 11 is 0. The number of phenols is 1. The summed E-state index contributed by atoms with van der Waals surface area (Å²) < 4.78 is 0. The van der Waals surface area contributed by atoms with E-state index < -0.39 is 6.10 Å². The van der Waals surface area contributed by atoms with Crippen molar-refractivity contribution >= 4 is 0 Å². The Morgan fingerprint density at radius 3 is 2.69 bits per heavy atom. The number of aromatic hydroxyl groups is 1. The quantitative estimate of drug-likeness (QED) is 0.750. The second kappa shape index (κ2) is 6.14. The van der Waals surface area contributed by atoms with Crippen LogP contribution in [0.15, 0.2) is 24.3 Å². The zero-order valence-corrected chi connectivity index (χ0v) is 10.3. The van der Waals surface area contributed by atoms with Crippen LogP contribution in [0, 0.1) is 0 Å². The topological polar surface area (TPSA) is 52.5 Å². The molecule has 0 saturated heterocycles. The largest absolute Gasteiger partial charge is 0.508 e. The maximum Gasteiger partial charge on any atom is 0.115 e. The molecule has 0 aromatic heterocycles. The Balaban J connectivity index is 0.00000144. The zero-order chi connectivity index (χ0) is 8.97. The summed E-state index contributed by atoms with van der Waals surface area (Å²) in [6.45, 7) is 0.490. The molecule has 0 amide bonds. The Morgan fingerprint density at radius 2 is 2.15 bits per heavy atom. The minimum Gasteiger partial charge on any atom is -0.508 e. The van der Waals surface area contributed by atoms with Gasteiger partial charge >= 0.3 is 0 Å². The Morgan fingerprint density at radius 1 is 1.46 bits per heavy atom. The van der Waals surface area contributed by atoms with E-state index in [0.29, 0.717) is 6.54 Å². The summed E-state index contributed by atoms with van der Waals surface area (Å²) in [4.78, 5) is 0. The number of benzene rings is 1. The molecular weight excluding hydrogens is 338 g/mol. The first kappa shape index (κ1) is 12.6. The first-order valence-electron chi connectivity index (χ1n) is 3.85. The van der Waals surface area contributed by atoms with Crippen LogP contribution in [0.1, 0.15) is 11.7 Å². The van der Waals surface area contributed by atoms with Gasteiger partial charge in [0.25, 0.3) is 0 Å². The zero-order valence-electron chi connectivity index (χ0n) is 7.40. The molecule has 4 heteroatoms. The third-order valence-corrected chi connectivity index (χ3v) is 1.65. The van der Waals surface area contributed by atoms with Gasteiger partial charge in [-0.05, 0) is 24.7 Å². The Kier molecular flexibility index (Phi) is 5.96. The van der Waals surface area contributed by atoms with Crippen LogP contribution in [0.5, 0.6) is 5.75 Å². The van der Waals surface area contributed by atoms with E-state index in [9.17, 15) is 5.11 Å². The van der Waals surface area contributed by atoms with Crippen molar-refractivity contribution in [2.24, 2.45) is 0 Å². The van der Waals surface area contributed by atoms with Crippen LogP contribution in [-0.2, 0) is 21.1 Å². The summed E-state index contributed by atoms with van der Waals surface area (Å²) in [5, 5.41) is 21.4. The van der Waals surface area contributed by atoms with Crippen LogP contribution in [0.2, 0.25) is 0 Å². The maximum atomic E-state index is 9.47. The van der Waals surface area contributed by atoms with Crippen LogP contribution >= 0.6 is 0 Å². The van der Waals surface area contributed by atoms with Gasteiger partial charge in [-0.15, -0.1) is 0 Å². The number of nitrogens with one attached hydrogen (secondary N) is 1. The van der Waals surface area contributed by atoms with E-state index in [-0.39, 0.29) is 26.8 Å². The minimum atomic E-state index is -0.554. The van der Waals surface area contributed by atoms with Gasteiger partial charge in [-0.3, -0.25) is 0 Å². The van der Waals surface area contributed by atoms with E-state index in [1.807, 2.05) is 0 Å². The van der Waals surface area contributed by atoms with E-state index in [0.717, 1.165) is 5.56 Å². The van der Waals surface area contributed by atoms with Crippen LogP contribution in [0.3, 0.4) is 0 Å². The molecule has 1 aromatic carbocycles. The van der Waals surface area contributed by atoms with Crippen molar-refractivity contribution in [3.63, 3.8) is 0 Å². The molecule has 3 nitrogen and oxygen atoms in total. The summed E-state index contributed by atoms with van der Waals surface area (Å²) in [6.07, 6.45) is -0.554. The molecule has 0 radical (unpaired) electrons. The summed E-state index contributed by atoms with van der Waals surface area (Å²) in [7, 11) is 1.77. The maximum absolute atomic E-state index is 9.47. The second-order valence-electron chi connectivity index (χ2n) is 2.67. The molecule has 1 rings (SSSR count). The van der Waals surface area contributed by atoms with Gasteiger partial charge in [0.2, 0.25) is 0 Å². The molecule has 3 N–H and O–H groups in total. The smallest absolute Gasteiger partial charge is 0.115 e. The molecule has 0 spiro atoms. The van der Waals surface area contributed by atoms with Crippen molar-refractivity contribution in [1.29, 1.82) is 0 Å². The minimum absolute atomic E-state index is 0. The van der Waals surface area contributed by atoms with Gasteiger partial charge in [-0.25, -0.2) is 0 Å². The predicted octanol–water partition coefficient (Wildman–Crippen LogP) is 0.643. The molecule has 0 saturated carbocycles. The fraction of sp³-hybridized carbons (Fsp3) is 0.333. The van der Waals surface area contributed by atoms with E-state index in [4.69, 9.17) is 5.11 Å². The molecule has 0 heterocycles. The van der Waals surface area contributed by atoms with Gasteiger partial charge < -0.3 is 15.5 Å². The third kappa shape index (κ3) is 3.90. The van der Waals surface area contributed by atoms with Crippen LogP contribution in [0.25, 0.3) is 0 Å². The molecule has 13 heavy (non-hydrogen) atoms. The standard InChI is InChI=1S/C9H13NO2.W/c1-10-6-9(12)7-3-2-4-8(11)5-7;/h2-5,9-12H,6H2,1H3;. The number of rotatable bonds is 3. The Hall–Kier alpha value is -0.372. The third-order valence-electron chi connectivity index (χ3n) is 1.65. The molecule has 0 aliphatic carbocycles. The first-order valence-corrected chi connectivity index (χ1v) is 3.85. The van der Waals surface area contributed by atoms with Gasteiger partial charge in [0.15, 0.2) is 0 Å². The molecule has 72 valence electrons. The Labute approximate surface area is 92.1 Å². The fourth-order valence-corrected chi connectivity index (χ4v) is 1.04. The number of aliphatic hydroxyl groups is 1. The van der Waals surface area contributed by atoms with Crippen molar-refractivity contribution in [2.45, 2.75) is 6.10 Å². The Bertz CT molecular complexity index is 255. The summed E-state index contributed by atoms with van der Waals surface area (Å²) in [5.41, 5.74) is 0.726. The van der Waals surface area contributed by atoms with Gasteiger partial charge in [0, 0.05) is 27.6 Å². The second-order valence-corrected chi connectivity index (χ2v) is 2.67. The van der Waals surface area contributed by atoms with Gasteiger partial charge in [0.1, 0.15) is 5.75 Å². The number of aliphatic hydroxyl groups excluding tert-OH is 1. The molecule has 1 atom stereocenters. The van der Waals surface area contributed by atoms with Crippen molar-refractivity contribution in [3.05, 3.63) is 29.8 Å². The first-order chi connectivity index (χ1) is 5.74. The van der Waals surface area contributed by atoms with Crippen molar-refractivity contribution in [2.75, 3.05) is 13.6 Å². The average Bonchev–Trinajstić information content (AvgIpc) is 2.05. The van der Waals surface area contributed by atoms with Crippen LogP contribution < -0.4 is 5.32 Å². The monoisotopic (exact) mass is 351 g/mol. The molecule has 0 bridgehead atoms. The summed E-state index contributed by atoms with van der Waals surface area (Å²) in [6, 6.07) is 6.63. The molecule has 0 fully saturated rings. The molecule has 0 aliphatic heterocycles. The van der Waals surface area contributed by atoms with Crippen LogP contribution in [0.4, 0.5) is 0 Å². The normalized spacial score (nSPS) is 11.8. The number of phenolic OH excluding ortho intramolecular Hbond substituents is 1. The summed E-state index contributed by atoms with van der Waals surface area (Å²) in [5.74, 6) is 0.183. The molecule has 0 aliphatic rings. The van der Waals surface area contributed by atoms with Crippen molar-refractivity contribution in [1.82, 2.24) is 5.32 Å². The fourth-order valence-electron chi connectivity index (χ4n) is 1.04. The van der Waals surface area contributed by atoms with E-state index >= 15 is 0 Å². The number of hydrogen-bond acceptors (Lipinski definition) is 3. The van der Waals surface area contributed by atoms with Gasteiger partial charge in [0.05, 0.1) is 6.10 Å². The van der Waals surface area contributed by atoms with E-state index in [1.165, 1.54) is 0 Å². The molecule has 1 unspecified atom stereocenters. The number of likely N-dealkylation sites (N-methyl/N-ethyl adjacent to an activating group) is 1. The van der Waals surface area contributed by atoms with Crippen LogP contribution in [-0.4, -0.2) is 23.8 Å². The SMILES string of the molecule is CNCC(O)c1cccc(O)c1.[W]. The average molecular weight is 351 g/mol. The van der Waals surface area contributed by atoms with Crippen molar-refractivity contribution < 1.29 is 31.3 Å². The van der Waals surface area contributed by atoms with Gasteiger partial charge in [-0.2, -0.15) is 0 Å². The molecular formula is C9H13NO2W. The van der Waals surface area contributed by atoms with Gasteiger partial charge in [-0.1, -0.05) is 12.1 Å². The number of hydrogen-bond donors (Lipinski definition) is 3. The molecule has 1 aromatic rings. The van der Waals surface area contributed by atoms with Crippen molar-refractivity contribution in [3.8, 4) is 5.75 Å². The van der Waals surface area contributed by atoms with E-state index in [2.05, 4.69) is 5.32 Å². The predicted molar refractivity (Wildman–Crippen MR) is 47.0 cm³/mol.